The number of imidazole rings is 1. The summed E-state index contributed by atoms with van der Waals surface area (Å²) in [6, 6.07) is 6.56. The van der Waals surface area contributed by atoms with Gasteiger partial charge in [-0.15, -0.1) is 0 Å². The zero-order chi connectivity index (χ0) is 19.1. The minimum atomic E-state index is 0.418. The standard InChI is InChI=1S/C21H26N6O/c1-13-5-8-16(25-21(13)24-15-4-3-9-22-11-15)17-12-23-19-10-18(28-2)20(14-6-7-14)26-27(17)19/h5,8,10,12,14-15,22H,3-4,6-7,9,11H2,1-2H3,(H,24,25)/t15-/m1/s1. The topological polar surface area (TPSA) is 76.4 Å². The van der Waals surface area contributed by atoms with Gasteiger partial charge in [-0.05, 0) is 50.8 Å². The van der Waals surface area contributed by atoms with Gasteiger partial charge in [-0.25, -0.2) is 14.5 Å². The molecule has 3 aromatic heterocycles. The van der Waals surface area contributed by atoms with Crippen LogP contribution in [0.1, 0.15) is 42.9 Å². The molecule has 7 nitrogen and oxygen atoms in total. The van der Waals surface area contributed by atoms with Crippen molar-refractivity contribution in [2.75, 3.05) is 25.5 Å². The van der Waals surface area contributed by atoms with E-state index in [1.165, 1.54) is 25.7 Å². The van der Waals surface area contributed by atoms with Gasteiger partial charge in [0.2, 0.25) is 0 Å². The molecule has 2 aliphatic rings. The summed E-state index contributed by atoms with van der Waals surface area (Å²) >= 11 is 0. The number of aromatic nitrogens is 4. The van der Waals surface area contributed by atoms with E-state index < -0.39 is 0 Å². The van der Waals surface area contributed by atoms with Gasteiger partial charge in [-0.2, -0.15) is 5.10 Å². The van der Waals surface area contributed by atoms with Crippen LogP contribution in [-0.4, -0.2) is 45.8 Å². The van der Waals surface area contributed by atoms with Crippen LogP contribution in [0.3, 0.4) is 0 Å². The van der Waals surface area contributed by atoms with E-state index in [0.717, 1.165) is 52.9 Å². The van der Waals surface area contributed by atoms with E-state index in [1.54, 1.807) is 7.11 Å². The first kappa shape index (κ1) is 17.4. The van der Waals surface area contributed by atoms with Crippen LogP contribution in [0.25, 0.3) is 17.0 Å². The smallest absolute Gasteiger partial charge is 0.157 e. The Labute approximate surface area is 164 Å². The molecule has 1 saturated carbocycles. The van der Waals surface area contributed by atoms with Crippen molar-refractivity contribution in [2.24, 2.45) is 0 Å². The molecular weight excluding hydrogens is 352 g/mol. The Morgan fingerprint density at radius 3 is 2.89 bits per heavy atom. The molecule has 2 N–H and O–H groups in total. The minimum Gasteiger partial charge on any atom is -0.495 e. The quantitative estimate of drug-likeness (QED) is 0.710. The molecule has 0 bridgehead atoms. The molecule has 4 heterocycles. The number of hydrogen-bond acceptors (Lipinski definition) is 6. The Morgan fingerprint density at radius 2 is 2.14 bits per heavy atom. The van der Waals surface area contributed by atoms with Crippen LogP contribution in [-0.2, 0) is 0 Å². The minimum absolute atomic E-state index is 0.418. The molecule has 5 rings (SSSR count). The van der Waals surface area contributed by atoms with E-state index in [-0.39, 0.29) is 0 Å². The molecule has 1 saturated heterocycles. The zero-order valence-corrected chi connectivity index (χ0v) is 16.4. The van der Waals surface area contributed by atoms with Crippen LogP contribution >= 0.6 is 0 Å². The summed E-state index contributed by atoms with van der Waals surface area (Å²) in [7, 11) is 1.70. The Hall–Kier alpha value is -2.67. The van der Waals surface area contributed by atoms with E-state index in [1.807, 2.05) is 22.8 Å². The Kier molecular flexibility index (Phi) is 4.39. The highest BCUT2D eigenvalue weighted by Gasteiger charge is 2.29. The van der Waals surface area contributed by atoms with Gasteiger partial charge in [0.25, 0.3) is 0 Å². The third-order valence-corrected chi connectivity index (χ3v) is 5.67. The third kappa shape index (κ3) is 3.20. The third-order valence-electron chi connectivity index (χ3n) is 5.67. The van der Waals surface area contributed by atoms with Crippen LogP contribution in [0, 0.1) is 6.92 Å². The number of hydrogen-bond donors (Lipinski definition) is 2. The summed E-state index contributed by atoms with van der Waals surface area (Å²) in [6.07, 6.45) is 6.55. The van der Waals surface area contributed by atoms with Crippen molar-refractivity contribution in [1.82, 2.24) is 24.9 Å². The number of pyridine rings is 1. The lowest BCUT2D eigenvalue weighted by Gasteiger charge is -2.25. The van der Waals surface area contributed by atoms with Gasteiger partial charge >= 0.3 is 0 Å². The fourth-order valence-corrected chi connectivity index (χ4v) is 3.88. The first-order valence-electron chi connectivity index (χ1n) is 10.1. The average Bonchev–Trinajstić information content (AvgIpc) is 3.49. The number of aryl methyl sites for hydroxylation is 1. The maximum absolute atomic E-state index is 5.54. The van der Waals surface area contributed by atoms with Crippen LogP contribution in [0.4, 0.5) is 5.82 Å². The summed E-state index contributed by atoms with van der Waals surface area (Å²) in [5.74, 6) is 2.27. The monoisotopic (exact) mass is 378 g/mol. The molecule has 146 valence electrons. The van der Waals surface area contributed by atoms with Crippen molar-refractivity contribution in [1.29, 1.82) is 0 Å². The predicted octanol–water partition coefficient (Wildman–Crippen LogP) is 3.15. The fourth-order valence-electron chi connectivity index (χ4n) is 3.88. The normalized spacial score (nSPS) is 19.7. The summed E-state index contributed by atoms with van der Waals surface area (Å²) in [5, 5.41) is 11.9. The van der Waals surface area contributed by atoms with E-state index in [2.05, 4.69) is 28.6 Å². The number of methoxy groups -OCH3 is 1. The second-order valence-corrected chi connectivity index (χ2v) is 7.84. The molecule has 0 spiro atoms. The summed E-state index contributed by atoms with van der Waals surface area (Å²) in [6.45, 7) is 4.18. The Balaban J connectivity index is 1.52. The fraction of sp³-hybridized carbons (Fsp3) is 0.476. The average molecular weight is 378 g/mol. The summed E-state index contributed by atoms with van der Waals surface area (Å²) < 4.78 is 7.44. The number of anilines is 1. The van der Waals surface area contributed by atoms with Gasteiger partial charge in [0.15, 0.2) is 5.65 Å². The number of ether oxygens (including phenoxy) is 1. The Bertz CT molecular complexity index is 1000. The second-order valence-electron chi connectivity index (χ2n) is 7.84. The van der Waals surface area contributed by atoms with Crippen molar-refractivity contribution in [3.63, 3.8) is 0 Å². The van der Waals surface area contributed by atoms with E-state index in [4.69, 9.17) is 14.8 Å². The van der Waals surface area contributed by atoms with Crippen molar-refractivity contribution < 1.29 is 4.74 Å². The molecular formula is C21H26N6O. The molecule has 1 atom stereocenters. The van der Waals surface area contributed by atoms with Crippen LogP contribution in [0.2, 0.25) is 0 Å². The number of nitrogens with one attached hydrogen (secondary N) is 2. The van der Waals surface area contributed by atoms with Gasteiger partial charge in [-0.3, -0.25) is 0 Å². The van der Waals surface area contributed by atoms with Crippen molar-refractivity contribution in [3.8, 4) is 17.1 Å². The highest BCUT2D eigenvalue weighted by atomic mass is 16.5. The number of rotatable bonds is 5. The molecule has 0 amide bonds. The van der Waals surface area contributed by atoms with Crippen LogP contribution < -0.4 is 15.4 Å². The van der Waals surface area contributed by atoms with E-state index in [0.29, 0.717) is 12.0 Å². The highest BCUT2D eigenvalue weighted by molar-refractivity contribution is 5.63. The van der Waals surface area contributed by atoms with Crippen LogP contribution in [0.5, 0.6) is 5.75 Å². The van der Waals surface area contributed by atoms with Gasteiger partial charge in [-0.1, -0.05) is 6.07 Å². The number of nitrogens with zero attached hydrogens (tertiary/aromatic N) is 4. The largest absolute Gasteiger partial charge is 0.495 e. The molecule has 2 fully saturated rings. The lowest BCUT2D eigenvalue weighted by molar-refractivity contribution is 0.405. The SMILES string of the molecule is COc1cc2ncc(-c3ccc(C)c(N[C@@H]4CCCNC4)n3)n2nc1C1CC1. The second kappa shape index (κ2) is 7.05. The molecule has 0 aromatic carbocycles. The molecule has 7 heteroatoms. The molecule has 1 aliphatic carbocycles. The van der Waals surface area contributed by atoms with E-state index in [9.17, 15) is 0 Å². The first-order valence-corrected chi connectivity index (χ1v) is 10.1. The molecule has 28 heavy (non-hydrogen) atoms. The van der Waals surface area contributed by atoms with Crippen molar-refractivity contribution >= 4 is 11.5 Å². The molecule has 1 aliphatic heterocycles. The van der Waals surface area contributed by atoms with Crippen molar-refractivity contribution in [2.45, 2.75) is 44.6 Å². The van der Waals surface area contributed by atoms with Crippen molar-refractivity contribution in [3.05, 3.63) is 35.7 Å². The summed E-state index contributed by atoms with van der Waals surface area (Å²) in [5.41, 5.74) is 4.74. The first-order chi connectivity index (χ1) is 13.7. The maximum Gasteiger partial charge on any atom is 0.157 e. The zero-order valence-electron chi connectivity index (χ0n) is 16.4. The van der Waals surface area contributed by atoms with Gasteiger partial charge in [0.05, 0.1) is 19.0 Å². The highest BCUT2D eigenvalue weighted by Crippen LogP contribution is 2.43. The number of fused-ring (bicyclic) bond motifs is 1. The lowest BCUT2D eigenvalue weighted by Crippen LogP contribution is -2.38. The maximum atomic E-state index is 5.54. The van der Waals surface area contributed by atoms with Gasteiger partial charge < -0.3 is 15.4 Å². The predicted molar refractivity (Wildman–Crippen MR) is 109 cm³/mol. The summed E-state index contributed by atoms with van der Waals surface area (Å²) in [4.78, 5) is 9.46. The van der Waals surface area contributed by atoms with Gasteiger partial charge in [0.1, 0.15) is 23.0 Å². The van der Waals surface area contributed by atoms with E-state index >= 15 is 0 Å². The molecule has 0 radical (unpaired) electrons. The molecule has 3 aromatic rings. The molecule has 0 unspecified atom stereocenters. The Morgan fingerprint density at radius 1 is 1.25 bits per heavy atom. The van der Waals surface area contributed by atoms with Gasteiger partial charge in [0, 0.05) is 24.6 Å². The lowest BCUT2D eigenvalue weighted by atomic mass is 10.1. The number of piperidine rings is 1. The van der Waals surface area contributed by atoms with Crippen LogP contribution in [0.15, 0.2) is 24.4 Å².